The summed E-state index contributed by atoms with van der Waals surface area (Å²) in [6.45, 7) is 5.88. The van der Waals surface area contributed by atoms with E-state index in [1.165, 1.54) is 12.0 Å². The van der Waals surface area contributed by atoms with Gasteiger partial charge >= 0.3 is 12.1 Å². The van der Waals surface area contributed by atoms with Crippen LogP contribution in [0, 0.1) is 0 Å². The second kappa shape index (κ2) is 7.09. The smallest absolute Gasteiger partial charge is 0.410 e. The zero-order chi connectivity index (χ0) is 11.8. The topological polar surface area (TPSA) is 55.8 Å². The number of esters is 1. The van der Waals surface area contributed by atoms with Crippen molar-refractivity contribution >= 4 is 12.1 Å². The van der Waals surface area contributed by atoms with Crippen molar-refractivity contribution < 1.29 is 19.1 Å². The van der Waals surface area contributed by atoms with Gasteiger partial charge in [-0.05, 0) is 20.3 Å². The van der Waals surface area contributed by atoms with E-state index in [2.05, 4.69) is 4.74 Å². The second-order valence-electron chi connectivity index (χ2n) is 3.43. The van der Waals surface area contributed by atoms with Crippen molar-refractivity contribution in [2.75, 3.05) is 20.2 Å². The molecule has 15 heavy (non-hydrogen) atoms. The minimum atomic E-state index is -0.475. The third kappa shape index (κ3) is 5.93. The molecule has 0 spiro atoms. The first-order valence-electron chi connectivity index (χ1n) is 5.03. The van der Waals surface area contributed by atoms with Crippen LogP contribution in [0.25, 0.3) is 0 Å². The number of hydrogen-bond acceptors (Lipinski definition) is 4. The van der Waals surface area contributed by atoms with Gasteiger partial charge in [0.2, 0.25) is 0 Å². The molecule has 0 aliphatic rings. The number of carbonyl (C=O) groups excluding carboxylic acids is 2. The molecule has 0 saturated carbocycles. The van der Waals surface area contributed by atoms with Crippen LogP contribution in [0.1, 0.15) is 27.2 Å². The van der Waals surface area contributed by atoms with E-state index in [4.69, 9.17) is 4.74 Å². The van der Waals surface area contributed by atoms with Crippen LogP contribution >= 0.6 is 0 Å². The number of hydrogen-bond donors (Lipinski definition) is 0. The summed E-state index contributed by atoms with van der Waals surface area (Å²) in [6, 6.07) is 0. The van der Waals surface area contributed by atoms with Crippen molar-refractivity contribution in [3.05, 3.63) is 0 Å². The summed E-state index contributed by atoms with van der Waals surface area (Å²) in [7, 11) is 1.29. The first-order chi connectivity index (χ1) is 7.01. The van der Waals surface area contributed by atoms with Gasteiger partial charge < -0.3 is 9.47 Å². The van der Waals surface area contributed by atoms with E-state index in [0.717, 1.165) is 6.42 Å². The van der Waals surface area contributed by atoms with Crippen molar-refractivity contribution in [2.24, 2.45) is 0 Å². The third-order valence-corrected chi connectivity index (χ3v) is 1.64. The summed E-state index contributed by atoms with van der Waals surface area (Å²) in [4.78, 5) is 23.8. The molecule has 0 aliphatic heterocycles. The highest BCUT2D eigenvalue weighted by atomic mass is 16.6. The van der Waals surface area contributed by atoms with Crippen LogP contribution < -0.4 is 0 Å². The number of carbonyl (C=O) groups is 2. The van der Waals surface area contributed by atoms with Crippen LogP contribution in [0.4, 0.5) is 4.79 Å². The lowest BCUT2D eigenvalue weighted by atomic mass is 10.4. The van der Waals surface area contributed by atoms with Gasteiger partial charge in [0, 0.05) is 6.54 Å². The lowest BCUT2D eigenvalue weighted by Gasteiger charge is -2.21. The Bertz CT molecular complexity index is 215. The highest BCUT2D eigenvalue weighted by molar-refractivity contribution is 5.78. The van der Waals surface area contributed by atoms with Gasteiger partial charge in [0.25, 0.3) is 0 Å². The lowest BCUT2D eigenvalue weighted by molar-refractivity contribution is -0.141. The second-order valence-corrected chi connectivity index (χ2v) is 3.43. The van der Waals surface area contributed by atoms with Crippen LogP contribution in [-0.2, 0) is 14.3 Å². The first kappa shape index (κ1) is 13.7. The van der Waals surface area contributed by atoms with Crippen LogP contribution in [-0.4, -0.2) is 43.3 Å². The van der Waals surface area contributed by atoms with Crippen LogP contribution in [0.2, 0.25) is 0 Å². The van der Waals surface area contributed by atoms with Gasteiger partial charge in [-0.1, -0.05) is 6.92 Å². The van der Waals surface area contributed by atoms with Crippen LogP contribution in [0.15, 0.2) is 0 Å². The van der Waals surface area contributed by atoms with E-state index in [9.17, 15) is 9.59 Å². The Morgan fingerprint density at radius 2 is 1.93 bits per heavy atom. The molecule has 0 aromatic carbocycles. The van der Waals surface area contributed by atoms with Gasteiger partial charge in [-0.2, -0.15) is 0 Å². The molecule has 0 radical (unpaired) electrons. The minimum Gasteiger partial charge on any atom is -0.468 e. The van der Waals surface area contributed by atoms with Crippen LogP contribution in [0.5, 0.6) is 0 Å². The summed E-state index contributed by atoms with van der Waals surface area (Å²) in [6.07, 6.45) is 0.108. The fourth-order valence-corrected chi connectivity index (χ4v) is 1.00. The molecule has 0 unspecified atom stereocenters. The molecule has 0 aromatic rings. The number of nitrogens with zero attached hydrogens (tertiary/aromatic N) is 1. The largest absolute Gasteiger partial charge is 0.468 e. The Hall–Kier alpha value is -1.26. The molecule has 0 heterocycles. The van der Waals surface area contributed by atoms with Crippen molar-refractivity contribution in [1.29, 1.82) is 0 Å². The van der Waals surface area contributed by atoms with Crippen molar-refractivity contribution in [1.82, 2.24) is 4.90 Å². The minimum absolute atomic E-state index is 0.0596. The molecule has 88 valence electrons. The predicted molar refractivity (Wildman–Crippen MR) is 55.5 cm³/mol. The molecule has 0 aliphatic carbocycles. The van der Waals surface area contributed by atoms with E-state index >= 15 is 0 Å². The Labute approximate surface area is 90.3 Å². The summed E-state index contributed by atoms with van der Waals surface area (Å²) in [5.74, 6) is -0.441. The van der Waals surface area contributed by atoms with Crippen molar-refractivity contribution in [3.63, 3.8) is 0 Å². The predicted octanol–water partition coefficient (Wildman–Crippen LogP) is 1.42. The third-order valence-electron chi connectivity index (χ3n) is 1.64. The Kier molecular flexibility index (Phi) is 6.49. The zero-order valence-corrected chi connectivity index (χ0v) is 9.78. The molecule has 0 aromatic heterocycles. The van der Waals surface area contributed by atoms with E-state index in [1.54, 1.807) is 13.8 Å². The lowest BCUT2D eigenvalue weighted by Crippen LogP contribution is -2.38. The standard InChI is InChI=1S/C10H19NO4/c1-5-6-11(7-9(12)14-4)10(13)15-8(2)3/h8H,5-7H2,1-4H3. The number of methoxy groups -OCH3 is 1. The van der Waals surface area contributed by atoms with Crippen LogP contribution in [0.3, 0.4) is 0 Å². The Morgan fingerprint density at radius 3 is 2.33 bits per heavy atom. The molecule has 0 N–H and O–H groups in total. The number of amides is 1. The fourth-order valence-electron chi connectivity index (χ4n) is 1.00. The first-order valence-corrected chi connectivity index (χ1v) is 5.03. The van der Waals surface area contributed by atoms with Gasteiger partial charge in [-0.15, -0.1) is 0 Å². The maximum absolute atomic E-state index is 11.5. The quantitative estimate of drug-likeness (QED) is 0.653. The maximum atomic E-state index is 11.5. The molecule has 0 rings (SSSR count). The van der Waals surface area contributed by atoms with Crippen molar-refractivity contribution in [3.8, 4) is 0 Å². The van der Waals surface area contributed by atoms with Gasteiger partial charge in [0.15, 0.2) is 0 Å². The molecular formula is C10H19NO4. The summed E-state index contributed by atoms with van der Waals surface area (Å²) in [5, 5.41) is 0. The number of rotatable bonds is 5. The fraction of sp³-hybridized carbons (Fsp3) is 0.800. The van der Waals surface area contributed by atoms with Gasteiger partial charge in [-0.3, -0.25) is 9.69 Å². The zero-order valence-electron chi connectivity index (χ0n) is 9.78. The van der Waals surface area contributed by atoms with Gasteiger partial charge in [0.1, 0.15) is 6.54 Å². The normalized spacial score (nSPS) is 9.93. The molecule has 5 nitrogen and oxygen atoms in total. The molecule has 5 heteroatoms. The Morgan fingerprint density at radius 1 is 1.33 bits per heavy atom. The maximum Gasteiger partial charge on any atom is 0.410 e. The average molecular weight is 217 g/mol. The van der Waals surface area contributed by atoms with Gasteiger partial charge in [0.05, 0.1) is 13.2 Å². The molecule has 0 saturated heterocycles. The summed E-state index contributed by atoms with van der Waals surface area (Å²) < 4.78 is 9.48. The highest BCUT2D eigenvalue weighted by Gasteiger charge is 2.18. The Balaban J connectivity index is 4.24. The number of ether oxygens (including phenoxy) is 2. The monoisotopic (exact) mass is 217 g/mol. The summed E-state index contributed by atoms with van der Waals surface area (Å²) >= 11 is 0. The van der Waals surface area contributed by atoms with E-state index in [-0.39, 0.29) is 12.6 Å². The summed E-state index contributed by atoms with van der Waals surface area (Å²) in [5.41, 5.74) is 0. The highest BCUT2D eigenvalue weighted by Crippen LogP contribution is 2.00. The molecule has 1 amide bonds. The molecular weight excluding hydrogens is 198 g/mol. The van der Waals surface area contributed by atoms with Crippen molar-refractivity contribution in [2.45, 2.75) is 33.3 Å². The van der Waals surface area contributed by atoms with E-state index < -0.39 is 12.1 Å². The molecule has 0 bridgehead atoms. The van der Waals surface area contributed by atoms with E-state index in [0.29, 0.717) is 6.54 Å². The van der Waals surface area contributed by atoms with E-state index in [1.807, 2.05) is 6.92 Å². The molecule has 0 atom stereocenters. The SMILES string of the molecule is CCCN(CC(=O)OC)C(=O)OC(C)C. The average Bonchev–Trinajstić information content (AvgIpc) is 2.15. The van der Waals surface area contributed by atoms with Gasteiger partial charge in [-0.25, -0.2) is 4.79 Å². The molecule has 0 fully saturated rings.